The topological polar surface area (TPSA) is 48.9 Å². The summed E-state index contributed by atoms with van der Waals surface area (Å²) in [5.41, 5.74) is 4.01. The van der Waals surface area contributed by atoms with Gasteiger partial charge in [-0.3, -0.25) is 4.99 Å². The molecule has 1 aromatic rings. The molecule has 0 bridgehead atoms. The first-order chi connectivity index (χ1) is 11.0. The van der Waals surface area contributed by atoms with Gasteiger partial charge in [0.1, 0.15) is 0 Å². The van der Waals surface area contributed by atoms with Crippen molar-refractivity contribution in [3.8, 4) is 0 Å². The molecule has 0 heterocycles. The fourth-order valence-corrected chi connectivity index (χ4v) is 2.48. The molecule has 5 heteroatoms. The number of benzene rings is 1. The molecule has 0 saturated carbocycles. The summed E-state index contributed by atoms with van der Waals surface area (Å²) in [6.07, 6.45) is 0.997. The van der Waals surface area contributed by atoms with Crippen LogP contribution in [0, 0.1) is 13.8 Å². The van der Waals surface area contributed by atoms with Gasteiger partial charge in [-0.1, -0.05) is 29.3 Å². The number of nitrogens with one attached hydrogen (secondary N) is 2. The van der Waals surface area contributed by atoms with E-state index in [4.69, 9.17) is 4.74 Å². The lowest BCUT2D eigenvalue weighted by molar-refractivity contribution is 0.162. The molecule has 0 aromatic heterocycles. The zero-order valence-electron chi connectivity index (χ0n) is 15.3. The van der Waals surface area contributed by atoms with E-state index in [-0.39, 0.29) is 0 Å². The second-order valence-corrected chi connectivity index (χ2v) is 5.97. The van der Waals surface area contributed by atoms with E-state index in [1.165, 1.54) is 16.7 Å². The second-order valence-electron chi connectivity index (χ2n) is 5.97. The summed E-state index contributed by atoms with van der Waals surface area (Å²) in [6.45, 7) is 8.69. The lowest BCUT2D eigenvalue weighted by Gasteiger charge is -2.18. The third-order valence-corrected chi connectivity index (χ3v) is 3.67. The van der Waals surface area contributed by atoms with Crippen molar-refractivity contribution in [3.63, 3.8) is 0 Å². The number of hydrogen-bond donors (Lipinski definition) is 2. The first kappa shape index (κ1) is 19.5. The highest BCUT2D eigenvalue weighted by Gasteiger charge is 2.01. The molecule has 0 fully saturated rings. The highest BCUT2D eigenvalue weighted by molar-refractivity contribution is 5.79. The molecule has 2 N–H and O–H groups in total. The van der Waals surface area contributed by atoms with E-state index in [9.17, 15) is 0 Å². The first-order valence-corrected chi connectivity index (χ1v) is 8.24. The van der Waals surface area contributed by atoms with Crippen LogP contribution in [0.4, 0.5) is 0 Å². The van der Waals surface area contributed by atoms with Crippen molar-refractivity contribution in [1.29, 1.82) is 0 Å². The van der Waals surface area contributed by atoms with E-state index < -0.39 is 0 Å². The summed E-state index contributed by atoms with van der Waals surface area (Å²) in [4.78, 5) is 6.50. The lowest BCUT2D eigenvalue weighted by atomic mass is 10.1. The van der Waals surface area contributed by atoms with E-state index in [0.29, 0.717) is 0 Å². The van der Waals surface area contributed by atoms with Crippen LogP contribution in [0.2, 0.25) is 0 Å². The van der Waals surface area contributed by atoms with Crippen LogP contribution in [0.25, 0.3) is 0 Å². The smallest absolute Gasteiger partial charge is 0.191 e. The van der Waals surface area contributed by atoms with E-state index in [1.54, 1.807) is 14.2 Å². The number of aryl methyl sites for hydroxylation is 2. The van der Waals surface area contributed by atoms with E-state index >= 15 is 0 Å². The van der Waals surface area contributed by atoms with Crippen molar-refractivity contribution in [1.82, 2.24) is 15.5 Å². The number of aliphatic imine (C=N–C) groups is 1. The average Bonchev–Trinajstić information content (AvgIpc) is 2.50. The number of ether oxygens (including phenoxy) is 1. The third-order valence-electron chi connectivity index (χ3n) is 3.67. The number of hydrogen-bond acceptors (Lipinski definition) is 3. The lowest BCUT2D eigenvalue weighted by Crippen LogP contribution is -2.42. The molecular formula is C18H32N4O. The zero-order chi connectivity index (χ0) is 17.1. The Labute approximate surface area is 141 Å². The van der Waals surface area contributed by atoms with Crippen LogP contribution in [0.3, 0.4) is 0 Å². The molecule has 0 spiro atoms. The molecule has 0 unspecified atom stereocenters. The van der Waals surface area contributed by atoms with Gasteiger partial charge in [-0.05, 0) is 32.9 Å². The van der Waals surface area contributed by atoms with Gasteiger partial charge in [-0.15, -0.1) is 0 Å². The number of methoxy groups -OCH3 is 1. The Morgan fingerprint density at radius 1 is 1.09 bits per heavy atom. The number of likely N-dealkylation sites (N-methyl/N-ethyl adjacent to an activating group) is 1. The highest BCUT2D eigenvalue weighted by atomic mass is 16.5. The summed E-state index contributed by atoms with van der Waals surface area (Å²) in [6, 6.07) is 6.70. The molecular weight excluding hydrogens is 288 g/mol. The van der Waals surface area contributed by atoms with Gasteiger partial charge in [0.2, 0.25) is 0 Å². The summed E-state index contributed by atoms with van der Waals surface area (Å²) in [5.74, 6) is 0.856. The number of rotatable bonds is 9. The largest absolute Gasteiger partial charge is 0.383 e. The predicted molar refractivity (Wildman–Crippen MR) is 98.4 cm³/mol. The average molecular weight is 320 g/mol. The van der Waals surface area contributed by atoms with E-state index in [2.05, 4.69) is 59.6 Å². The standard InChI is InChI=1S/C18H32N4O/c1-15-12-16(2)14-17(13-15)6-7-20-18(19-3)21-8-9-22(4)10-11-23-5/h12-14H,6-11H2,1-5H3,(H2,19,20,21). The predicted octanol–water partition coefficient (Wildman–Crippen LogP) is 1.59. The number of guanidine groups is 1. The Bertz CT molecular complexity index is 468. The van der Waals surface area contributed by atoms with Crippen molar-refractivity contribution in [3.05, 3.63) is 34.9 Å². The minimum atomic E-state index is 0.763. The molecule has 0 amide bonds. The van der Waals surface area contributed by atoms with E-state index in [1.807, 2.05) is 0 Å². The molecule has 130 valence electrons. The number of nitrogens with zero attached hydrogens (tertiary/aromatic N) is 2. The molecule has 1 rings (SSSR count). The van der Waals surface area contributed by atoms with E-state index in [0.717, 1.165) is 45.2 Å². The van der Waals surface area contributed by atoms with Gasteiger partial charge in [-0.25, -0.2) is 0 Å². The quantitative estimate of drug-likeness (QED) is 0.536. The summed E-state index contributed by atoms with van der Waals surface area (Å²) < 4.78 is 5.07. The molecule has 0 saturated heterocycles. The minimum absolute atomic E-state index is 0.763. The van der Waals surface area contributed by atoms with Gasteiger partial charge < -0.3 is 20.3 Å². The Hall–Kier alpha value is -1.59. The van der Waals surface area contributed by atoms with Crippen LogP contribution in [0.15, 0.2) is 23.2 Å². The van der Waals surface area contributed by atoms with Crippen molar-refractivity contribution in [2.45, 2.75) is 20.3 Å². The van der Waals surface area contributed by atoms with Crippen LogP contribution >= 0.6 is 0 Å². The molecule has 1 aromatic carbocycles. The SMILES string of the molecule is CN=C(NCCc1cc(C)cc(C)c1)NCCN(C)CCOC. The van der Waals surface area contributed by atoms with Crippen molar-refractivity contribution in [2.75, 3.05) is 54.0 Å². The maximum Gasteiger partial charge on any atom is 0.191 e. The summed E-state index contributed by atoms with van der Waals surface area (Å²) in [7, 11) is 5.63. The maximum absolute atomic E-state index is 5.07. The monoisotopic (exact) mass is 320 g/mol. The molecule has 0 aliphatic rings. The normalized spacial score (nSPS) is 11.8. The summed E-state index contributed by atoms with van der Waals surface area (Å²) >= 11 is 0. The Morgan fingerprint density at radius 3 is 2.35 bits per heavy atom. The molecule has 0 aliphatic carbocycles. The minimum Gasteiger partial charge on any atom is -0.383 e. The molecule has 0 atom stereocenters. The third kappa shape index (κ3) is 8.57. The summed E-state index contributed by atoms with van der Waals surface area (Å²) in [5, 5.41) is 6.71. The molecule has 0 aliphatic heterocycles. The second kappa shape index (κ2) is 11.0. The first-order valence-electron chi connectivity index (χ1n) is 8.24. The van der Waals surface area contributed by atoms with Crippen LogP contribution in [-0.4, -0.2) is 64.9 Å². The van der Waals surface area contributed by atoms with Crippen LogP contribution in [-0.2, 0) is 11.2 Å². The molecule has 23 heavy (non-hydrogen) atoms. The van der Waals surface area contributed by atoms with Crippen molar-refractivity contribution in [2.24, 2.45) is 4.99 Å². The zero-order valence-corrected chi connectivity index (χ0v) is 15.3. The van der Waals surface area contributed by atoms with Gasteiger partial charge in [0, 0.05) is 40.3 Å². The van der Waals surface area contributed by atoms with Crippen LogP contribution in [0.5, 0.6) is 0 Å². The Kier molecular flexibility index (Phi) is 9.33. The van der Waals surface area contributed by atoms with Gasteiger partial charge >= 0.3 is 0 Å². The maximum atomic E-state index is 5.07. The molecule has 5 nitrogen and oxygen atoms in total. The van der Waals surface area contributed by atoms with Crippen molar-refractivity contribution < 1.29 is 4.74 Å². The van der Waals surface area contributed by atoms with Crippen molar-refractivity contribution >= 4 is 5.96 Å². The van der Waals surface area contributed by atoms with Gasteiger partial charge in [-0.2, -0.15) is 0 Å². The fourth-order valence-electron chi connectivity index (χ4n) is 2.48. The fraction of sp³-hybridized carbons (Fsp3) is 0.611. The molecule has 0 radical (unpaired) electrons. The van der Waals surface area contributed by atoms with Gasteiger partial charge in [0.15, 0.2) is 5.96 Å². The highest BCUT2D eigenvalue weighted by Crippen LogP contribution is 2.08. The Balaban J connectivity index is 2.26. The van der Waals surface area contributed by atoms with Gasteiger partial charge in [0.25, 0.3) is 0 Å². The van der Waals surface area contributed by atoms with Gasteiger partial charge in [0.05, 0.1) is 6.61 Å². The Morgan fingerprint density at radius 2 is 1.74 bits per heavy atom. The van der Waals surface area contributed by atoms with Crippen LogP contribution in [0.1, 0.15) is 16.7 Å². The van der Waals surface area contributed by atoms with Crippen LogP contribution < -0.4 is 10.6 Å².